The lowest BCUT2D eigenvalue weighted by Gasteiger charge is -2.34. The van der Waals surface area contributed by atoms with Crippen molar-refractivity contribution in [2.24, 2.45) is 0 Å². The van der Waals surface area contributed by atoms with Crippen molar-refractivity contribution < 1.29 is 9.59 Å². The number of benzene rings is 2. The van der Waals surface area contributed by atoms with Crippen molar-refractivity contribution in [2.75, 3.05) is 18.5 Å². The second kappa shape index (κ2) is 7.42. The summed E-state index contributed by atoms with van der Waals surface area (Å²) in [6.45, 7) is 2.98. The molecule has 4 heteroatoms. The van der Waals surface area contributed by atoms with Crippen molar-refractivity contribution in [1.82, 2.24) is 4.90 Å². The number of anilines is 1. The Hall–Kier alpha value is -2.62. The van der Waals surface area contributed by atoms with Crippen molar-refractivity contribution in [2.45, 2.75) is 51.0 Å². The van der Waals surface area contributed by atoms with E-state index in [2.05, 4.69) is 6.07 Å². The van der Waals surface area contributed by atoms with Gasteiger partial charge in [0.2, 0.25) is 5.91 Å². The third-order valence-corrected chi connectivity index (χ3v) is 6.37. The molecule has 2 aromatic rings. The van der Waals surface area contributed by atoms with Gasteiger partial charge in [0.25, 0.3) is 5.91 Å². The number of amides is 2. The molecule has 1 spiro atoms. The number of nitrogens with zero attached hydrogens (tertiary/aromatic N) is 2. The van der Waals surface area contributed by atoms with E-state index in [1.54, 1.807) is 11.8 Å². The van der Waals surface area contributed by atoms with Crippen LogP contribution in [0.3, 0.4) is 0 Å². The molecule has 0 aromatic heterocycles. The molecule has 0 unspecified atom stereocenters. The van der Waals surface area contributed by atoms with E-state index in [0.29, 0.717) is 12.1 Å². The molecule has 0 bridgehead atoms. The maximum Gasteiger partial charge on any atom is 0.253 e. The molecule has 0 radical (unpaired) electrons. The molecule has 2 aliphatic rings. The Balaban J connectivity index is 1.64. The topological polar surface area (TPSA) is 40.6 Å². The summed E-state index contributed by atoms with van der Waals surface area (Å²) in [6, 6.07) is 16.0. The number of carbonyl (C=O) groups excluding carboxylic acids is 2. The molecule has 2 aromatic carbocycles. The largest absolute Gasteiger partial charge is 0.337 e. The van der Waals surface area contributed by atoms with Gasteiger partial charge in [0, 0.05) is 43.7 Å². The molecular formula is C24H28N2O2. The second-order valence-electron chi connectivity index (χ2n) is 8.32. The zero-order valence-corrected chi connectivity index (χ0v) is 16.8. The molecule has 1 aliphatic heterocycles. The first-order valence-electron chi connectivity index (χ1n) is 10.2. The highest BCUT2D eigenvalue weighted by atomic mass is 16.2. The molecule has 1 fully saturated rings. The summed E-state index contributed by atoms with van der Waals surface area (Å²) in [7, 11) is 1.85. The quantitative estimate of drug-likeness (QED) is 0.790. The summed E-state index contributed by atoms with van der Waals surface area (Å²) in [6.07, 6.45) is 5.84. The normalized spacial score (nSPS) is 17.4. The minimum Gasteiger partial charge on any atom is -0.337 e. The zero-order chi connectivity index (χ0) is 19.7. The van der Waals surface area contributed by atoms with Crippen LogP contribution in [0.25, 0.3) is 0 Å². The molecule has 1 heterocycles. The van der Waals surface area contributed by atoms with Gasteiger partial charge in [-0.2, -0.15) is 0 Å². The maximum absolute atomic E-state index is 13.1. The van der Waals surface area contributed by atoms with Gasteiger partial charge in [-0.15, -0.1) is 0 Å². The van der Waals surface area contributed by atoms with E-state index in [0.717, 1.165) is 30.6 Å². The summed E-state index contributed by atoms with van der Waals surface area (Å²) in [4.78, 5) is 29.0. The number of carbonyl (C=O) groups is 2. The minimum absolute atomic E-state index is 0.0214. The molecule has 4 rings (SSSR count). The highest BCUT2D eigenvalue weighted by Gasteiger charge is 2.44. The maximum atomic E-state index is 13.1. The van der Waals surface area contributed by atoms with Crippen molar-refractivity contribution in [3.05, 3.63) is 65.2 Å². The van der Waals surface area contributed by atoms with Crippen molar-refractivity contribution >= 4 is 17.5 Å². The van der Waals surface area contributed by atoms with Crippen LogP contribution in [-0.2, 0) is 16.8 Å². The lowest BCUT2D eigenvalue weighted by Crippen LogP contribution is -2.37. The van der Waals surface area contributed by atoms with Crippen LogP contribution >= 0.6 is 0 Å². The number of hydrogen-bond acceptors (Lipinski definition) is 2. The average Bonchev–Trinajstić information content (AvgIpc) is 3.02. The van der Waals surface area contributed by atoms with Crippen LogP contribution in [0.5, 0.6) is 0 Å². The molecule has 1 saturated carbocycles. The number of fused-ring (bicyclic) bond motifs is 2. The summed E-state index contributed by atoms with van der Waals surface area (Å²) in [5, 5.41) is 0. The van der Waals surface area contributed by atoms with Gasteiger partial charge < -0.3 is 9.80 Å². The predicted molar refractivity (Wildman–Crippen MR) is 111 cm³/mol. The van der Waals surface area contributed by atoms with E-state index in [1.165, 1.54) is 24.8 Å². The van der Waals surface area contributed by atoms with Crippen LogP contribution in [0.1, 0.15) is 60.5 Å². The van der Waals surface area contributed by atoms with Crippen LogP contribution in [-0.4, -0.2) is 30.3 Å². The van der Waals surface area contributed by atoms with Gasteiger partial charge in [0.15, 0.2) is 0 Å². The van der Waals surface area contributed by atoms with Crippen molar-refractivity contribution in [3.8, 4) is 0 Å². The molecule has 146 valence electrons. The number of rotatable bonds is 3. The van der Waals surface area contributed by atoms with Gasteiger partial charge in [-0.05, 0) is 42.2 Å². The molecule has 1 aliphatic carbocycles. The van der Waals surface area contributed by atoms with E-state index >= 15 is 0 Å². The van der Waals surface area contributed by atoms with Crippen LogP contribution in [0.2, 0.25) is 0 Å². The van der Waals surface area contributed by atoms with E-state index in [4.69, 9.17) is 0 Å². The predicted octanol–water partition coefficient (Wildman–Crippen LogP) is 4.53. The summed E-state index contributed by atoms with van der Waals surface area (Å²) in [5.41, 5.74) is 4.05. The van der Waals surface area contributed by atoms with E-state index < -0.39 is 0 Å². The van der Waals surface area contributed by atoms with Gasteiger partial charge in [0.1, 0.15) is 0 Å². The van der Waals surface area contributed by atoms with Gasteiger partial charge in [0.05, 0.1) is 0 Å². The minimum atomic E-state index is 0.0214. The van der Waals surface area contributed by atoms with Crippen LogP contribution < -0.4 is 4.90 Å². The Kier molecular flexibility index (Phi) is 4.96. The van der Waals surface area contributed by atoms with E-state index in [9.17, 15) is 9.59 Å². The van der Waals surface area contributed by atoms with Gasteiger partial charge >= 0.3 is 0 Å². The summed E-state index contributed by atoms with van der Waals surface area (Å²) in [5.74, 6) is 0.114. The molecule has 2 amide bonds. The Morgan fingerprint density at radius 2 is 1.75 bits per heavy atom. The lowest BCUT2D eigenvalue weighted by molar-refractivity contribution is -0.116. The third-order valence-electron chi connectivity index (χ3n) is 6.37. The molecular weight excluding hydrogens is 348 g/mol. The van der Waals surface area contributed by atoms with E-state index in [1.807, 2.05) is 54.4 Å². The second-order valence-corrected chi connectivity index (χ2v) is 8.32. The SMILES string of the molecule is CC(=O)N1CC2(CCCCC2)c2cc(C(=O)N(C)Cc3ccccc3)ccc21. The standard InChI is InChI=1S/C24H28N2O2/c1-18(27)26-17-24(13-7-4-8-14-24)21-15-20(11-12-22(21)26)23(28)25(2)16-19-9-5-3-6-10-19/h3,5-6,9-12,15H,4,7-8,13-14,16-17H2,1-2H3. The average molecular weight is 377 g/mol. The highest BCUT2D eigenvalue weighted by molar-refractivity contribution is 5.98. The fourth-order valence-electron chi connectivity index (χ4n) is 4.89. The first kappa shape index (κ1) is 18.7. The van der Waals surface area contributed by atoms with E-state index in [-0.39, 0.29) is 17.2 Å². The molecule has 0 saturated heterocycles. The highest BCUT2D eigenvalue weighted by Crippen LogP contribution is 2.49. The first-order chi connectivity index (χ1) is 13.5. The smallest absolute Gasteiger partial charge is 0.253 e. The lowest BCUT2D eigenvalue weighted by atomic mass is 9.70. The summed E-state index contributed by atoms with van der Waals surface area (Å²) >= 11 is 0. The van der Waals surface area contributed by atoms with Crippen molar-refractivity contribution in [3.63, 3.8) is 0 Å². The summed E-state index contributed by atoms with van der Waals surface area (Å²) < 4.78 is 0. The number of hydrogen-bond donors (Lipinski definition) is 0. The fourth-order valence-corrected chi connectivity index (χ4v) is 4.89. The van der Waals surface area contributed by atoms with Gasteiger partial charge in [-0.3, -0.25) is 9.59 Å². The Labute approximate surface area is 167 Å². The molecule has 4 nitrogen and oxygen atoms in total. The van der Waals surface area contributed by atoms with Crippen LogP contribution in [0.15, 0.2) is 48.5 Å². The van der Waals surface area contributed by atoms with Crippen LogP contribution in [0.4, 0.5) is 5.69 Å². The van der Waals surface area contributed by atoms with Gasteiger partial charge in [-0.1, -0.05) is 49.6 Å². The Bertz CT molecular complexity index is 885. The Morgan fingerprint density at radius 1 is 1.04 bits per heavy atom. The fraction of sp³-hybridized carbons (Fsp3) is 0.417. The van der Waals surface area contributed by atoms with Gasteiger partial charge in [-0.25, -0.2) is 0 Å². The molecule has 28 heavy (non-hydrogen) atoms. The van der Waals surface area contributed by atoms with Crippen LogP contribution in [0, 0.1) is 0 Å². The third kappa shape index (κ3) is 3.32. The molecule has 0 atom stereocenters. The zero-order valence-electron chi connectivity index (χ0n) is 16.8. The first-order valence-corrected chi connectivity index (χ1v) is 10.2. The Morgan fingerprint density at radius 3 is 2.43 bits per heavy atom. The monoisotopic (exact) mass is 376 g/mol. The van der Waals surface area contributed by atoms with Crippen molar-refractivity contribution in [1.29, 1.82) is 0 Å². The molecule has 0 N–H and O–H groups in total.